The van der Waals surface area contributed by atoms with Crippen LogP contribution in [0.1, 0.15) is 303 Å². The van der Waals surface area contributed by atoms with Crippen LogP contribution < -0.4 is 5.32 Å². The third-order valence-corrected chi connectivity index (χ3v) is 15.6. The summed E-state index contributed by atoms with van der Waals surface area (Å²) in [6.07, 6.45) is 76.1. The number of quaternary nitrogens is 1. The maximum Gasteiger partial charge on any atom is 0.472 e. The van der Waals surface area contributed by atoms with Crippen LogP contribution in [0, 0.1) is 0 Å². The number of hydrogen-bond donors (Lipinski definition) is 2. The molecule has 9 nitrogen and oxygen atoms in total. The van der Waals surface area contributed by atoms with E-state index in [0.29, 0.717) is 17.4 Å². The van der Waals surface area contributed by atoms with E-state index in [1.807, 2.05) is 33.3 Å². The molecule has 10 heteroatoms. The number of hydrogen-bond acceptors (Lipinski definition) is 6. The van der Waals surface area contributed by atoms with E-state index in [2.05, 4.69) is 86.8 Å². The Hall–Kier alpha value is -2.55. The molecule has 0 saturated heterocycles. The van der Waals surface area contributed by atoms with Crippen molar-refractivity contribution in [2.24, 2.45) is 0 Å². The molecule has 0 radical (unpaired) electrons. The van der Waals surface area contributed by atoms with Gasteiger partial charge < -0.3 is 19.4 Å². The summed E-state index contributed by atoms with van der Waals surface area (Å²) >= 11 is 0. The summed E-state index contributed by atoms with van der Waals surface area (Å²) < 4.78 is 30.8. The number of carbonyl (C=O) groups is 2. The van der Waals surface area contributed by atoms with E-state index in [0.717, 1.165) is 89.9 Å². The standard InChI is InChI=1S/C69H127N2O7P/c1-7-10-13-16-19-22-25-28-30-31-32-33-34-35-36-37-38-39-41-43-46-49-52-55-58-61-68(72)70-66(65-77-79(74,75)76-64-63-71(4,5)6)67(60-57-54-51-48-45-42-27-24-21-18-15-12-9-3)78-69(73)62-59-56-53-50-47-44-40-29-26-23-20-17-14-11-8-2/h19-20,22-23,26,28-30,32-33,57,60,66-67H,7-18,21,24-25,27,31,34-56,58-59,61-65H2,1-6H3,(H-,70,72,74,75)/p+1/b22-19-,23-20+,29-26+,30-28-,33-32-,60-57-. The van der Waals surface area contributed by atoms with Crippen molar-refractivity contribution in [3.8, 4) is 0 Å². The van der Waals surface area contributed by atoms with Crippen LogP contribution in [0.2, 0.25) is 0 Å². The summed E-state index contributed by atoms with van der Waals surface area (Å²) in [6.45, 7) is 6.97. The molecule has 3 atom stereocenters. The molecule has 0 aliphatic carbocycles. The Bertz CT molecular complexity index is 1580. The van der Waals surface area contributed by atoms with Crippen molar-refractivity contribution in [2.75, 3.05) is 40.9 Å². The van der Waals surface area contributed by atoms with Gasteiger partial charge in [-0.05, 0) is 96.0 Å². The first-order chi connectivity index (χ1) is 38.4. The Morgan fingerprint density at radius 3 is 1.25 bits per heavy atom. The summed E-state index contributed by atoms with van der Waals surface area (Å²) in [5.74, 6) is -0.515. The number of ether oxygens (including phenoxy) is 1. The number of esters is 1. The quantitative estimate of drug-likeness (QED) is 0.0156. The van der Waals surface area contributed by atoms with Gasteiger partial charge >= 0.3 is 13.8 Å². The fourth-order valence-corrected chi connectivity index (χ4v) is 10.2. The van der Waals surface area contributed by atoms with E-state index in [4.69, 9.17) is 13.8 Å². The van der Waals surface area contributed by atoms with Crippen LogP contribution in [0.3, 0.4) is 0 Å². The monoisotopic (exact) mass is 1130 g/mol. The highest BCUT2D eigenvalue weighted by molar-refractivity contribution is 7.47. The molecule has 0 aromatic carbocycles. The number of likely N-dealkylation sites (N-methyl/N-ethyl adjacent to an activating group) is 1. The second-order valence-electron chi connectivity index (χ2n) is 23.7. The van der Waals surface area contributed by atoms with E-state index >= 15 is 0 Å². The fraction of sp³-hybridized carbons (Fsp3) is 0.797. The smallest absolute Gasteiger partial charge is 0.456 e. The molecule has 0 aliphatic rings. The lowest BCUT2D eigenvalue weighted by atomic mass is 10.0. The Morgan fingerprint density at radius 2 is 0.810 bits per heavy atom. The minimum Gasteiger partial charge on any atom is -0.456 e. The van der Waals surface area contributed by atoms with Gasteiger partial charge in [0.05, 0.1) is 33.8 Å². The van der Waals surface area contributed by atoms with Crippen molar-refractivity contribution in [3.63, 3.8) is 0 Å². The van der Waals surface area contributed by atoms with Crippen molar-refractivity contribution < 1.29 is 37.3 Å². The van der Waals surface area contributed by atoms with Crippen molar-refractivity contribution >= 4 is 19.7 Å². The second kappa shape index (κ2) is 58.6. The van der Waals surface area contributed by atoms with E-state index < -0.39 is 20.0 Å². The molecule has 460 valence electrons. The topological polar surface area (TPSA) is 111 Å². The van der Waals surface area contributed by atoms with Gasteiger partial charge in [0.25, 0.3) is 0 Å². The van der Waals surface area contributed by atoms with Crippen LogP contribution in [0.15, 0.2) is 72.9 Å². The summed E-state index contributed by atoms with van der Waals surface area (Å²) in [4.78, 5) is 37.8. The summed E-state index contributed by atoms with van der Waals surface area (Å²) in [5.41, 5.74) is 0. The Kier molecular flexibility index (Phi) is 56.7. The first-order valence-corrected chi connectivity index (χ1v) is 34.8. The van der Waals surface area contributed by atoms with Crippen LogP contribution in [0.25, 0.3) is 0 Å². The molecule has 1 amide bonds. The average Bonchev–Trinajstić information content (AvgIpc) is 3.41. The second-order valence-corrected chi connectivity index (χ2v) is 25.1. The molecule has 79 heavy (non-hydrogen) atoms. The van der Waals surface area contributed by atoms with Crippen LogP contribution in [0.4, 0.5) is 0 Å². The molecule has 0 rings (SSSR count). The van der Waals surface area contributed by atoms with Gasteiger partial charge in [-0.3, -0.25) is 18.6 Å². The van der Waals surface area contributed by atoms with E-state index in [-0.39, 0.29) is 31.5 Å². The maximum atomic E-state index is 13.6. The van der Waals surface area contributed by atoms with Crippen LogP contribution >= 0.6 is 7.82 Å². The summed E-state index contributed by atoms with van der Waals surface area (Å²) in [6, 6.07) is -0.856. The van der Waals surface area contributed by atoms with Crippen LogP contribution in [-0.2, 0) is 27.9 Å². The minimum absolute atomic E-state index is 0.0364. The van der Waals surface area contributed by atoms with Crippen LogP contribution in [-0.4, -0.2) is 74.3 Å². The normalized spacial score (nSPS) is 14.1. The number of nitrogens with zero attached hydrogens (tertiary/aromatic N) is 1. The van der Waals surface area contributed by atoms with Crippen LogP contribution in [0.5, 0.6) is 0 Å². The highest BCUT2D eigenvalue weighted by Gasteiger charge is 2.30. The number of unbranched alkanes of at least 4 members (excludes halogenated alkanes) is 35. The Balaban J connectivity index is 5.14. The zero-order chi connectivity index (χ0) is 57.9. The van der Waals surface area contributed by atoms with Crippen molar-refractivity contribution in [1.82, 2.24) is 5.32 Å². The number of rotatable bonds is 60. The van der Waals surface area contributed by atoms with Gasteiger partial charge in [-0.15, -0.1) is 0 Å². The first kappa shape index (κ1) is 76.5. The number of carbonyl (C=O) groups excluding carboxylic acids is 2. The highest BCUT2D eigenvalue weighted by atomic mass is 31.2. The summed E-state index contributed by atoms with van der Waals surface area (Å²) in [5, 5.41) is 3.06. The van der Waals surface area contributed by atoms with Gasteiger partial charge in [-0.1, -0.05) is 267 Å². The molecule has 0 aromatic heterocycles. The molecular formula is C69H128N2O7P+. The third-order valence-electron chi connectivity index (χ3n) is 14.6. The summed E-state index contributed by atoms with van der Waals surface area (Å²) in [7, 11) is 1.49. The minimum atomic E-state index is -4.46. The van der Waals surface area contributed by atoms with E-state index in [9.17, 15) is 19.0 Å². The predicted molar refractivity (Wildman–Crippen MR) is 341 cm³/mol. The molecule has 2 N–H and O–H groups in total. The first-order valence-electron chi connectivity index (χ1n) is 33.3. The van der Waals surface area contributed by atoms with Gasteiger partial charge in [0, 0.05) is 12.8 Å². The van der Waals surface area contributed by atoms with Gasteiger partial charge in [0.2, 0.25) is 5.91 Å². The van der Waals surface area contributed by atoms with Gasteiger partial charge in [-0.2, -0.15) is 0 Å². The molecule has 3 unspecified atom stereocenters. The highest BCUT2D eigenvalue weighted by Crippen LogP contribution is 2.43. The Morgan fingerprint density at radius 1 is 0.456 bits per heavy atom. The lowest BCUT2D eigenvalue weighted by molar-refractivity contribution is -0.870. The van der Waals surface area contributed by atoms with E-state index in [1.54, 1.807) is 0 Å². The van der Waals surface area contributed by atoms with Gasteiger partial charge in [-0.25, -0.2) is 4.57 Å². The molecule has 0 aromatic rings. The third kappa shape index (κ3) is 59.9. The molecule has 0 saturated carbocycles. The zero-order valence-electron chi connectivity index (χ0n) is 52.6. The molecule has 0 spiro atoms. The lowest BCUT2D eigenvalue weighted by Gasteiger charge is -2.27. The number of amides is 1. The number of allylic oxidation sites excluding steroid dienone is 11. The SMILES string of the molecule is CCCCC/C=C\C/C=C\C/C=C\CCCCCCCCCCCCCCC(=O)NC(COP(=O)(O)OCC[N+](C)(C)C)C(/C=C\CCCCCCCCCCCCC)OC(=O)CCCCCCCC/C=C/C=C/CCCCC. The lowest BCUT2D eigenvalue weighted by Crippen LogP contribution is -2.47. The number of phosphoric acid groups is 1. The molecule has 0 heterocycles. The predicted octanol–water partition coefficient (Wildman–Crippen LogP) is 20.8. The number of nitrogens with one attached hydrogen (secondary N) is 1. The molecule has 0 fully saturated rings. The zero-order valence-corrected chi connectivity index (χ0v) is 53.5. The van der Waals surface area contributed by atoms with Crippen molar-refractivity contribution in [3.05, 3.63) is 72.9 Å². The molecule has 0 bridgehead atoms. The molecular weight excluding hydrogens is 1000 g/mol. The van der Waals surface area contributed by atoms with Gasteiger partial charge in [0.1, 0.15) is 19.3 Å². The van der Waals surface area contributed by atoms with Crippen molar-refractivity contribution in [1.29, 1.82) is 0 Å². The van der Waals surface area contributed by atoms with E-state index in [1.165, 1.54) is 180 Å². The largest absolute Gasteiger partial charge is 0.472 e. The number of phosphoric ester groups is 1. The average molecular weight is 1130 g/mol. The maximum absolute atomic E-state index is 13.6. The van der Waals surface area contributed by atoms with Gasteiger partial charge in [0.15, 0.2) is 0 Å². The fourth-order valence-electron chi connectivity index (χ4n) is 9.47. The van der Waals surface area contributed by atoms with Crippen molar-refractivity contribution in [2.45, 2.75) is 315 Å². The molecule has 0 aliphatic heterocycles. The Labute approximate surface area is 489 Å².